The Balaban J connectivity index is 1.58. The minimum absolute atomic E-state index is 0.0883. The van der Waals surface area contributed by atoms with Crippen molar-refractivity contribution < 1.29 is 9.53 Å². The minimum Gasteiger partial charge on any atom is -0.446 e. The summed E-state index contributed by atoms with van der Waals surface area (Å²) in [5.41, 5.74) is 5.79. The highest BCUT2D eigenvalue weighted by atomic mass is 16.6. The van der Waals surface area contributed by atoms with Gasteiger partial charge in [0.2, 0.25) is 0 Å². The van der Waals surface area contributed by atoms with Crippen molar-refractivity contribution in [2.24, 2.45) is 5.73 Å². The summed E-state index contributed by atoms with van der Waals surface area (Å²) in [7, 11) is 0. The molecule has 2 aliphatic rings. The zero-order valence-electron chi connectivity index (χ0n) is 10.3. The van der Waals surface area contributed by atoms with E-state index in [0.717, 1.165) is 25.7 Å². The molecule has 2 aliphatic carbocycles. The molecule has 0 atom stereocenters. The van der Waals surface area contributed by atoms with Gasteiger partial charge in [-0.3, -0.25) is 0 Å². The molecule has 2 rings (SSSR count). The Morgan fingerprint density at radius 3 is 2.71 bits per heavy atom. The molecule has 96 valence electrons. The summed E-state index contributed by atoms with van der Waals surface area (Å²) in [6.45, 7) is 0.504. The molecule has 4 nitrogen and oxygen atoms in total. The predicted molar refractivity (Wildman–Crippen MR) is 66.6 cm³/mol. The minimum atomic E-state index is -0.302. The maximum atomic E-state index is 11.5. The zero-order chi connectivity index (χ0) is 12.1. The second kappa shape index (κ2) is 5.54. The number of hydrogen-bond donors (Lipinski definition) is 2. The molecule has 0 bridgehead atoms. The molecule has 2 saturated carbocycles. The van der Waals surface area contributed by atoms with Gasteiger partial charge in [-0.25, -0.2) is 4.79 Å². The molecule has 0 aromatic carbocycles. The van der Waals surface area contributed by atoms with E-state index in [2.05, 4.69) is 5.32 Å². The van der Waals surface area contributed by atoms with E-state index in [0.29, 0.717) is 6.54 Å². The molecule has 3 N–H and O–H groups in total. The van der Waals surface area contributed by atoms with Crippen molar-refractivity contribution in [3.63, 3.8) is 0 Å². The molecular weight excluding hydrogens is 216 g/mol. The average Bonchev–Trinajstić information content (AvgIpc) is 3.05. The van der Waals surface area contributed by atoms with Gasteiger partial charge in [-0.15, -0.1) is 0 Å². The summed E-state index contributed by atoms with van der Waals surface area (Å²) in [4.78, 5) is 11.5. The molecule has 0 aliphatic heterocycles. The van der Waals surface area contributed by atoms with Gasteiger partial charge in [0.05, 0.1) is 0 Å². The molecule has 0 heterocycles. The number of ether oxygens (including phenoxy) is 1. The lowest BCUT2D eigenvalue weighted by atomic mass is 9.98. The van der Waals surface area contributed by atoms with Gasteiger partial charge in [0, 0.05) is 12.1 Å². The molecule has 0 radical (unpaired) electrons. The van der Waals surface area contributed by atoms with Crippen LogP contribution in [0, 0.1) is 0 Å². The molecule has 4 heteroatoms. The third kappa shape index (κ3) is 4.38. The van der Waals surface area contributed by atoms with Crippen molar-refractivity contribution in [2.45, 2.75) is 56.6 Å². The summed E-state index contributed by atoms with van der Waals surface area (Å²) >= 11 is 0. The topological polar surface area (TPSA) is 64.3 Å². The first-order chi connectivity index (χ1) is 8.18. The molecule has 2 fully saturated rings. The quantitative estimate of drug-likeness (QED) is 0.737. The Morgan fingerprint density at radius 1 is 1.35 bits per heavy atom. The van der Waals surface area contributed by atoms with Crippen LogP contribution in [0.25, 0.3) is 0 Å². The smallest absolute Gasteiger partial charge is 0.407 e. The Hall–Kier alpha value is -1.03. The van der Waals surface area contributed by atoms with Gasteiger partial charge in [0.15, 0.2) is 0 Å². The maximum absolute atomic E-state index is 11.5. The van der Waals surface area contributed by atoms with Crippen molar-refractivity contribution >= 4 is 6.09 Å². The Bertz CT molecular complexity index is 292. The summed E-state index contributed by atoms with van der Waals surface area (Å²) in [5.74, 6) is 0. The van der Waals surface area contributed by atoms with E-state index < -0.39 is 0 Å². The lowest BCUT2D eigenvalue weighted by Gasteiger charge is -2.21. The van der Waals surface area contributed by atoms with Crippen LogP contribution in [0.15, 0.2) is 12.2 Å². The van der Waals surface area contributed by atoms with Gasteiger partial charge < -0.3 is 15.8 Å². The first-order valence-electron chi connectivity index (χ1n) is 6.59. The fourth-order valence-electron chi connectivity index (χ4n) is 2.12. The van der Waals surface area contributed by atoms with E-state index >= 15 is 0 Å². The maximum Gasteiger partial charge on any atom is 0.407 e. The largest absolute Gasteiger partial charge is 0.446 e. The molecule has 0 spiro atoms. The van der Waals surface area contributed by atoms with Crippen molar-refractivity contribution in [1.82, 2.24) is 5.32 Å². The standard InChI is InChI=1S/C13H22N2O2/c14-13(8-9-13)7-4-10-15-12(16)17-11-5-2-1-3-6-11/h4,7,11H,1-3,5-6,8-10,14H2,(H,15,16)/b7-4+. The lowest BCUT2D eigenvalue weighted by molar-refractivity contribution is 0.0761. The van der Waals surface area contributed by atoms with Gasteiger partial charge >= 0.3 is 6.09 Å². The van der Waals surface area contributed by atoms with Crippen LogP contribution in [0.3, 0.4) is 0 Å². The van der Waals surface area contributed by atoms with Gasteiger partial charge in [-0.1, -0.05) is 18.6 Å². The second-order valence-electron chi connectivity index (χ2n) is 5.18. The van der Waals surface area contributed by atoms with E-state index in [1.54, 1.807) is 0 Å². The van der Waals surface area contributed by atoms with Crippen LogP contribution in [0.2, 0.25) is 0 Å². The van der Waals surface area contributed by atoms with E-state index in [4.69, 9.17) is 10.5 Å². The predicted octanol–water partition coefficient (Wildman–Crippen LogP) is 2.09. The van der Waals surface area contributed by atoms with Gasteiger partial charge in [0.25, 0.3) is 0 Å². The van der Waals surface area contributed by atoms with Crippen LogP contribution in [0.1, 0.15) is 44.9 Å². The van der Waals surface area contributed by atoms with E-state index in [1.165, 1.54) is 19.3 Å². The summed E-state index contributed by atoms with van der Waals surface area (Å²) < 4.78 is 5.32. The number of rotatable bonds is 4. The molecule has 0 saturated heterocycles. The number of hydrogen-bond acceptors (Lipinski definition) is 3. The van der Waals surface area contributed by atoms with Crippen LogP contribution >= 0.6 is 0 Å². The van der Waals surface area contributed by atoms with Gasteiger partial charge in [0.1, 0.15) is 6.10 Å². The first kappa shape index (κ1) is 12.4. The van der Waals surface area contributed by atoms with E-state index in [9.17, 15) is 4.79 Å². The number of nitrogens with one attached hydrogen (secondary N) is 1. The summed E-state index contributed by atoms with van der Waals surface area (Å²) in [5, 5.41) is 2.73. The van der Waals surface area contributed by atoms with Crippen LogP contribution in [-0.2, 0) is 4.74 Å². The lowest BCUT2D eigenvalue weighted by Crippen LogP contribution is -2.30. The molecule has 1 amide bonds. The Labute approximate surface area is 103 Å². The second-order valence-corrected chi connectivity index (χ2v) is 5.18. The fraction of sp³-hybridized carbons (Fsp3) is 0.769. The SMILES string of the molecule is NC1(/C=C/CNC(=O)OC2CCCCC2)CC1. The van der Waals surface area contributed by atoms with E-state index in [-0.39, 0.29) is 17.7 Å². The number of nitrogens with two attached hydrogens (primary N) is 1. The van der Waals surface area contributed by atoms with Crippen LogP contribution in [0.4, 0.5) is 4.79 Å². The van der Waals surface area contributed by atoms with Gasteiger partial charge in [-0.2, -0.15) is 0 Å². The van der Waals surface area contributed by atoms with Crippen molar-refractivity contribution in [3.05, 3.63) is 12.2 Å². The van der Waals surface area contributed by atoms with Gasteiger partial charge in [-0.05, 0) is 38.5 Å². The van der Waals surface area contributed by atoms with Crippen LogP contribution in [0.5, 0.6) is 0 Å². The first-order valence-corrected chi connectivity index (χ1v) is 6.59. The average molecular weight is 238 g/mol. The molecule has 0 aromatic rings. The highest BCUT2D eigenvalue weighted by Crippen LogP contribution is 2.33. The fourth-order valence-corrected chi connectivity index (χ4v) is 2.12. The number of amides is 1. The number of alkyl carbamates (subject to hydrolysis) is 1. The highest BCUT2D eigenvalue weighted by molar-refractivity contribution is 5.67. The molecular formula is C13H22N2O2. The van der Waals surface area contributed by atoms with Crippen LogP contribution < -0.4 is 11.1 Å². The van der Waals surface area contributed by atoms with Crippen molar-refractivity contribution in [1.29, 1.82) is 0 Å². The molecule has 0 unspecified atom stereocenters. The molecule has 0 aromatic heterocycles. The normalized spacial score (nSPS) is 23.6. The van der Waals surface area contributed by atoms with Crippen molar-refractivity contribution in [2.75, 3.05) is 6.54 Å². The van der Waals surface area contributed by atoms with E-state index in [1.807, 2.05) is 12.2 Å². The summed E-state index contributed by atoms with van der Waals surface area (Å²) in [6, 6.07) is 0. The monoisotopic (exact) mass is 238 g/mol. The summed E-state index contributed by atoms with van der Waals surface area (Å²) in [6.07, 6.45) is 11.4. The van der Waals surface area contributed by atoms with Crippen molar-refractivity contribution in [3.8, 4) is 0 Å². The van der Waals surface area contributed by atoms with Crippen LogP contribution in [-0.4, -0.2) is 24.3 Å². The Kier molecular flexibility index (Phi) is 4.05. The zero-order valence-corrected chi connectivity index (χ0v) is 10.3. The third-order valence-corrected chi connectivity index (χ3v) is 3.47. The highest BCUT2D eigenvalue weighted by Gasteiger charge is 2.34. The Morgan fingerprint density at radius 2 is 2.06 bits per heavy atom. The number of carbonyl (C=O) groups excluding carboxylic acids is 1. The third-order valence-electron chi connectivity index (χ3n) is 3.47. The molecule has 17 heavy (non-hydrogen) atoms. The number of carbonyl (C=O) groups is 1.